The molecular weight excluding hydrogens is 294 g/mol. The number of hydrogen-bond donors (Lipinski definition) is 7. The second kappa shape index (κ2) is 8.69. The van der Waals surface area contributed by atoms with Gasteiger partial charge in [0.05, 0.1) is 0 Å². The third-order valence-corrected chi connectivity index (χ3v) is 0. The van der Waals surface area contributed by atoms with Crippen molar-refractivity contribution < 1.29 is 34.4 Å². The third kappa shape index (κ3) is 11600. The van der Waals surface area contributed by atoms with Gasteiger partial charge in [0.1, 0.15) is 0 Å². The molecule has 104 valence electrons. The van der Waals surface area contributed by atoms with Crippen LogP contribution in [0.2, 0.25) is 0 Å². The first-order chi connectivity index (χ1) is 6.00. The molecule has 0 spiro atoms. The van der Waals surface area contributed by atoms with Crippen molar-refractivity contribution in [3.63, 3.8) is 0 Å². The van der Waals surface area contributed by atoms with Crippen LogP contribution in [0.1, 0.15) is 0 Å². The molecule has 0 atom stereocenters. The predicted molar refractivity (Wildman–Crippen MR) is 53.8 cm³/mol. The van der Waals surface area contributed by atoms with Crippen LogP contribution in [0.4, 0.5) is 0 Å². The number of rotatable bonds is 0. The van der Waals surface area contributed by atoms with Crippen LogP contribution >= 0.6 is 0 Å². The molecular formula is H13N5O8S3. The van der Waals surface area contributed by atoms with Crippen LogP contribution in [0.15, 0.2) is 0 Å². The lowest BCUT2D eigenvalue weighted by Crippen LogP contribution is -2.21. The summed E-state index contributed by atoms with van der Waals surface area (Å²) in [7, 11) is -12.0. The molecule has 0 aliphatic carbocycles. The first-order valence-corrected chi connectivity index (χ1v) is 6.92. The summed E-state index contributed by atoms with van der Waals surface area (Å²) < 4.78 is 68.8. The summed E-state index contributed by atoms with van der Waals surface area (Å²) in [6.45, 7) is 0. The van der Waals surface area contributed by atoms with E-state index >= 15 is 0 Å². The van der Waals surface area contributed by atoms with Gasteiger partial charge in [0.15, 0.2) is 0 Å². The normalized spacial score (nSPS) is 10.9. The minimum Gasteiger partial charge on any atom is -0.344 e. The molecule has 13 nitrogen and oxygen atoms in total. The van der Waals surface area contributed by atoms with Crippen molar-refractivity contribution in [2.75, 3.05) is 0 Å². The Hall–Kier alpha value is -0.430. The van der Waals surface area contributed by atoms with Gasteiger partial charge in [-0.25, -0.2) is 20.6 Å². The average Bonchev–Trinajstić information content (AvgIpc) is 1.41. The van der Waals surface area contributed by atoms with E-state index in [0.717, 1.165) is 0 Å². The van der Waals surface area contributed by atoms with Gasteiger partial charge in [-0.1, -0.05) is 0 Å². The fourth-order valence-corrected chi connectivity index (χ4v) is 0. The molecule has 0 saturated heterocycles. The molecule has 0 heterocycles. The lowest BCUT2D eigenvalue weighted by atomic mass is 13.9. The molecule has 0 fully saturated rings. The van der Waals surface area contributed by atoms with Crippen LogP contribution in [-0.4, -0.2) is 34.4 Å². The maximum Gasteiger partial charge on any atom is 0.330 e. The van der Waals surface area contributed by atoms with E-state index in [1.807, 2.05) is 0 Å². The minimum absolute atomic E-state index is 0. The fourth-order valence-electron chi connectivity index (χ4n) is 0. The van der Waals surface area contributed by atoms with E-state index < -0.39 is 30.8 Å². The Balaban J connectivity index is -0.0000000655. The lowest BCUT2D eigenvalue weighted by Gasteiger charge is -1.72. The van der Waals surface area contributed by atoms with E-state index in [2.05, 4.69) is 20.6 Å². The zero-order valence-corrected chi connectivity index (χ0v) is 10.0. The molecule has 0 aromatic rings. The van der Waals surface area contributed by atoms with E-state index in [9.17, 15) is 8.42 Å². The Morgan fingerprint density at radius 2 is 0.625 bits per heavy atom. The Kier molecular flexibility index (Phi) is 13.4. The average molecular weight is 307 g/mol. The van der Waals surface area contributed by atoms with Gasteiger partial charge in [-0.05, 0) is 0 Å². The van der Waals surface area contributed by atoms with Crippen LogP contribution in [0.25, 0.3) is 0 Å². The van der Waals surface area contributed by atoms with Gasteiger partial charge in [0.25, 0.3) is 10.2 Å². The maximum absolute atomic E-state index is 9.19. The molecule has 0 unspecified atom stereocenters. The maximum atomic E-state index is 9.19. The number of nitrogens with two attached hydrogens (primary N) is 4. The Bertz CT molecular complexity index is 345. The van der Waals surface area contributed by atoms with Gasteiger partial charge < -0.3 is 6.15 Å². The highest BCUT2D eigenvalue weighted by Gasteiger charge is 1.82. The molecule has 0 bridgehead atoms. The third-order valence-electron chi connectivity index (χ3n) is 0. The second-order valence-electron chi connectivity index (χ2n) is 1.62. The largest absolute Gasteiger partial charge is 0.344 e. The van der Waals surface area contributed by atoms with Crippen molar-refractivity contribution in [3.05, 3.63) is 0 Å². The van der Waals surface area contributed by atoms with Crippen molar-refractivity contribution in [2.45, 2.75) is 0 Å². The zero-order chi connectivity index (χ0) is 13.5. The molecule has 16 heteroatoms. The summed E-state index contributed by atoms with van der Waals surface area (Å²) in [5, 5.41) is 16.0. The zero-order valence-electron chi connectivity index (χ0n) is 7.59. The number of hydrogen-bond acceptors (Lipinski definition) is 7. The van der Waals surface area contributed by atoms with Crippen LogP contribution in [0, 0.1) is 0 Å². The summed E-state index contributed by atoms with van der Waals surface area (Å²) in [5.41, 5.74) is 0. The molecule has 0 amide bonds. The van der Waals surface area contributed by atoms with Crippen molar-refractivity contribution in [2.24, 2.45) is 20.6 Å². The SMILES string of the molecule is N.NS(=O)(=O)O.NS(=O)(=O)O.NS(N)(=O)=O. The van der Waals surface area contributed by atoms with Gasteiger partial charge in [-0.2, -0.15) is 25.3 Å². The molecule has 0 radical (unpaired) electrons. The van der Waals surface area contributed by atoms with Gasteiger partial charge in [-0.15, -0.1) is 0 Å². The molecule has 0 aliphatic rings. The van der Waals surface area contributed by atoms with Crippen molar-refractivity contribution in [1.29, 1.82) is 0 Å². The van der Waals surface area contributed by atoms with Crippen molar-refractivity contribution >= 4 is 30.8 Å². The summed E-state index contributed by atoms with van der Waals surface area (Å²) in [4.78, 5) is 0. The molecule has 13 N–H and O–H groups in total. The Morgan fingerprint density at radius 3 is 0.625 bits per heavy atom. The van der Waals surface area contributed by atoms with Crippen LogP contribution in [0.5, 0.6) is 0 Å². The predicted octanol–water partition coefficient (Wildman–Crippen LogP) is -4.19. The van der Waals surface area contributed by atoms with Gasteiger partial charge in [-0.3, -0.25) is 9.11 Å². The summed E-state index contributed by atoms with van der Waals surface area (Å²) >= 11 is 0. The van der Waals surface area contributed by atoms with Crippen molar-refractivity contribution in [3.8, 4) is 0 Å². The smallest absolute Gasteiger partial charge is 0.330 e. The Morgan fingerprint density at radius 1 is 0.625 bits per heavy atom. The minimum atomic E-state index is -4.17. The van der Waals surface area contributed by atoms with Gasteiger partial charge in [0.2, 0.25) is 0 Å². The van der Waals surface area contributed by atoms with Crippen LogP contribution < -0.4 is 26.7 Å². The van der Waals surface area contributed by atoms with Gasteiger partial charge in [0, 0.05) is 0 Å². The highest BCUT2D eigenvalue weighted by molar-refractivity contribution is 7.86. The summed E-state index contributed by atoms with van der Waals surface area (Å²) in [5.74, 6) is 0. The lowest BCUT2D eigenvalue weighted by molar-refractivity contribution is 0.482. The Labute approximate surface area is 92.3 Å². The fraction of sp³-hybridized carbons (Fsp3) is 0. The standard InChI is InChI=1S/H4N2O2S.2H3NO3S.H3N/c3*1-5(2,3)4;/h(H4,1,2,3,4);2*(H3,1,2,3,4);1H3. The van der Waals surface area contributed by atoms with Crippen LogP contribution in [-0.2, 0) is 30.8 Å². The second-order valence-corrected chi connectivity index (χ2v) is 4.86. The monoisotopic (exact) mass is 307 g/mol. The van der Waals surface area contributed by atoms with E-state index in [0.29, 0.717) is 0 Å². The van der Waals surface area contributed by atoms with Crippen LogP contribution in [0.3, 0.4) is 0 Å². The highest BCUT2D eigenvalue weighted by atomic mass is 32.2. The molecule has 0 saturated carbocycles. The topological polar surface area (TPSA) is 282 Å². The van der Waals surface area contributed by atoms with E-state index in [4.69, 9.17) is 25.9 Å². The van der Waals surface area contributed by atoms with E-state index in [1.54, 1.807) is 0 Å². The summed E-state index contributed by atoms with van der Waals surface area (Å²) in [6, 6.07) is 0. The molecule has 0 aromatic carbocycles. The molecule has 0 aromatic heterocycles. The van der Waals surface area contributed by atoms with Crippen molar-refractivity contribution in [1.82, 2.24) is 6.15 Å². The molecule has 0 rings (SSSR count). The first-order valence-electron chi connectivity index (χ1n) is 2.31. The first kappa shape index (κ1) is 24.7. The van der Waals surface area contributed by atoms with E-state index in [1.165, 1.54) is 0 Å². The van der Waals surface area contributed by atoms with Gasteiger partial charge >= 0.3 is 20.6 Å². The van der Waals surface area contributed by atoms with E-state index in [-0.39, 0.29) is 6.15 Å². The molecule has 16 heavy (non-hydrogen) atoms. The summed E-state index contributed by atoms with van der Waals surface area (Å²) in [6.07, 6.45) is 0. The molecule has 0 aliphatic heterocycles. The highest BCUT2D eigenvalue weighted by Crippen LogP contribution is 1.51. The quantitative estimate of drug-likeness (QED) is 0.213.